The molecule has 0 spiro atoms. The van der Waals surface area contributed by atoms with E-state index in [2.05, 4.69) is 5.32 Å². The summed E-state index contributed by atoms with van der Waals surface area (Å²) in [6, 6.07) is 16.1. The number of amides is 1. The fourth-order valence-corrected chi connectivity index (χ4v) is 4.85. The second-order valence-electron chi connectivity index (χ2n) is 6.99. The summed E-state index contributed by atoms with van der Waals surface area (Å²) in [4.78, 5) is 14.3. The molecule has 2 aromatic carbocycles. The van der Waals surface area contributed by atoms with E-state index >= 15 is 0 Å². The molecule has 0 unspecified atom stereocenters. The largest absolute Gasteiger partial charge is 0.376 e. The van der Waals surface area contributed by atoms with Gasteiger partial charge in [0.25, 0.3) is 0 Å². The minimum absolute atomic E-state index is 0.0820. The molecule has 0 aliphatic carbocycles. The van der Waals surface area contributed by atoms with Crippen LogP contribution >= 0.6 is 0 Å². The van der Waals surface area contributed by atoms with Gasteiger partial charge in [0, 0.05) is 31.5 Å². The predicted octanol–water partition coefficient (Wildman–Crippen LogP) is 3.33. The smallest absolute Gasteiger partial charge is 0.246 e. The first kappa shape index (κ1) is 20.4. The van der Waals surface area contributed by atoms with Crippen molar-refractivity contribution in [2.75, 3.05) is 36.9 Å². The standard InChI is InChI=1S/C21H27N3O3S/c1-23(19-11-5-4-6-12-19)21(25)17-22-18-10-9-13-20(16-18)28(26,27)24-14-7-2-3-8-15-24/h4-6,9-13,16,22H,2-3,7-8,14-15,17H2,1H3. The molecule has 0 saturated carbocycles. The van der Waals surface area contributed by atoms with Crippen molar-refractivity contribution >= 4 is 27.3 Å². The molecule has 0 aromatic heterocycles. The number of rotatable bonds is 6. The highest BCUT2D eigenvalue weighted by atomic mass is 32.2. The molecule has 1 heterocycles. The molecule has 1 amide bonds. The molecule has 2 aromatic rings. The van der Waals surface area contributed by atoms with Gasteiger partial charge in [0.2, 0.25) is 15.9 Å². The third kappa shape index (κ3) is 4.91. The second-order valence-corrected chi connectivity index (χ2v) is 8.93. The van der Waals surface area contributed by atoms with Crippen molar-refractivity contribution in [3.05, 3.63) is 54.6 Å². The number of hydrogen-bond acceptors (Lipinski definition) is 4. The van der Waals surface area contributed by atoms with E-state index in [9.17, 15) is 13.2 Å². The lowest BCUT2D eigenvalue weighted by Gasteiger charge is -2.21. The Morgan fingerprint density at radius 2 is 1.68 bits per heavy atom. The molecule has 1 N–H and O–H groups in total. The predicted molar refractivity (Wildman–Crippen MR) is 112 cm³/mol. The molecule has 1 fully saturated rings. The SMILES string of the molecule is CN(C(=O)CNc1cccc(S(=O)(=O)N2CCCCCC2)c1)c1ccccc1. The third-order valence-electron chi connectivity index (χ3n) is 5.00. The molecule has 0 bridgehead atoms. The van der Waals surface area contributed by atoms with Crippen molar-refractivity contribution in [1.82, 2.24) is 4.31 Å². The number of para-hydroxylation sites is 1. The molecule has 0 radical (unpaired) electrons. The topological polar surface area (TPSA) is 69.7 Å². The lowest BCUT2D eigenvalue weighted by atomic mass is 10.2. The number of nitrogens with zero attached hydrogens (tertiary/aromatic N) is 2. The van der Waals surface area contributed by atoms with E-state index in [-0.39, 0.29) is 17.3 Å². The van der Waals surface area contributed by atoms with Gasteiger partial charge in [-0.05, 0) is 43.2 Å². The number of benzene rings is 2. The fourth-order valence-electron chi connectivity index (χ4n) is 3.29. The molecule has 6 nitrogen and oxygen atoms in total. The van der Waals surface area contributed by atoms with Gasteiger partial charge in [0.1, 0.15) is 0 Å². The maximum atomic E-state index is 12.9. The van der Waals surface area contributed by atoms with Crippen LogP contribution in [-0.2, 0) is 14.8 Å². The van der Waals surface area contributed by atoms with Crippen LogP contribution in [0.4, 0.5) is 11.4 Å². The van der Waals surface area contributed by atoms with Gasteiger partial charge in [-0.25, -0.2) is 8.42 Å². The first-order chi connectivity index (χ1) is 13.5. The van der Waals surface area contributed by atoms with Crippen molar-refractivity contribution in [3.63, 3.8) is 0 Å². The Labute approximate surface area is 167 Å². The van der Waals surface area contributed by atoms with Crippen LogP contribution in [0.3, 0.4) is 0 Å². The van der Waals surface area contributed by atoms with Crippen molar-refractivity contribution in [2.24, 2.45) is 0 Å². The van der Waals surface area contributed by atoms with E-state index in [4.69, 9.17) is 0 Å². The number of likely N-dealkylation sites (N-methyl/N-ethyl adjacent to an activating group) is 1. The molecular formula is C21H27N3O3S. The average Bonchev–Trinajstić information content (AvgIpc) is 3.02. The Balaban J connectivity index is 1.67. The third-order valence-corrected chi connectivity index (χ3v) is 6.89. The highest BCUT2D eigenvalue weighted by Gasteiger charge is 2.25. The summed E-state index contributed by atoms with van der Waals surface area (Å²) in [6.45, 7) is 1.22. The van der Waals surface area contributed by atoms with Gasteiger partial charge in [-0.15, -0.1) is 0 Å². The van der Waals surface area contributed by atoms with Crippen LogP contribution < -0.4 is 10.2 Å². The van der Waals surface area contributed by atoms with Crippen LogP contribution in [0.15, 0.2) is 59.5 Å². The zero-order valence-electron chi connectivity index (χ0n) is 16.2. The summed E-state index contributed by atoms with van der Waals surface area (Å²) in [5, 5.41) is 3.05. The first-order valence-corrected chi connectivity index (χ1v) is 11.1. The van der Waals surface area contributed by atoms with Crippen LogP contribution in [0.5, 0.6) is 0 Å². The summed E-state index contributed by atoms with van der Waals surface area (Å²) in [5.41, 5.74) is 1.43. The molecule has 1 saturated heterocycles. The van der Waals surface area contributed by atoms with E-state index < -0.39 is 10.0 Å². The van der Waals surface area contributed by atoms with Crippen LogP contribution in [-0.4, -0.2) is 45.3 Å². The molecule has 0 atom stereocenters. The highest BCUT2D eigenvalue weighted by Crippen LogP contribution is 2.22. The summed E-state index contributed by atoms with van der Waals surface area (Å²) >= 11 is 0. The Kier molecular flexibility index (Phi) is 6.70. The number of carbonyl (C=O) groups is 1. The highest BCUT2D eigenvalue weighted by molar-refractivity contribution is 7.89. The Hall–Kier alpha value is -2.38. The second kappa shape index (κ2) is 9.21. The summed E-state index contributed by atoms with van der Waals surface area (Å²) in [5.74, 6) is -0.105. The lowest BCUT2D eigenvalue weighted by Crippen LogP contribution is -2.32. The van der Waals surface area contributed by atoms with Crippen LogP contribution in [0.25, 0.3) is 0 Å². The maximum Gasteiger partial charge on any atom is 0.246 e. The molecule has 28 heavy (non-hydrogen) atoms. The molecule has 7 heteroatoms. The Morgan fingerprint density at radius 1 is 1.00 bits per heavy atom. The van der Waals surface area contributed by atoms with E-state index in [1.165, 1.54) is 0 Å². The summed E-state index contributed by atoms with van der Waals surface area (Å²) < 4.78 is 27.5. The van der Waals surface area contributed by atoms with Gasteiger partial charge in [-0.3, -0.25) is 4.79 Å². The van der Waals surface area contributed by atoms with E-state index in [0.29, 0.717) is 18.8 Å². The van der Waals surface area contributed by atoms with Gasteiger partial charge >= 0.3 is 0 Å². The number of hydrogen-bond donors (Lipinski definition) is 1. The number of nitrogens with one attached hydrogen (secondary N) is 1. The molecule has 1 aliphatic rings. The fraction of sp³-hybridized carbons (Fsp3) is 0.381. The Morgan fingerprint density at radius 3 is 2.36 bits per heavy atom. The van der Waals surface area contributed by atoms with Gasteiger partial charge in [0.15, 0.2) is 0 Å². The van der Waals surface area contributed by atoms with Crippen molar-refractivity contribution in [1.29, 1.82) is 0 Å². The van der Waals surface area contributed by atoms with Crippen LogP contribution in [0.1, 0.15) is 25.7 Å². The maximum absolute atomic E-state index is 12.9. The molecule has 150 valence electrons. The monoisotopic (exact) mass is 401 g/mol. The van der Waals surface area contributed by atoms with Crippen LogP contribution in [0.2, 0.25) is 0 Å². The minimum atomic E-state index is -3.51. The molecule has 1 aliphatic heterocycles. The van der Waals surface area contributed by atoms with E-state index in [0.717, 1.165) is 31.4 Å². The van der Waals surface area contributed by atoms with Crippen molar-refractivity contribution in [3.8, 4) is 0 Å². The van der Waals surface area contributed by atoms with Gasteiger partial charge in [0.05, 0.1) is 11.4 Å². The molecular weight excluding hydrogens is 374 g/mol. The van der Waals surface area contributed by atoms with Gasteiger partial charge in [-0.2, -0.15) is 4.31 Å². The van der Waals surface area contributed by atoms with Gasteiger partial charge < -0.3 is 10.2 Å². The quantitative estimate of drug-likeness (QED) is 0.806. The zero-order chi connectivity index (χ0) is 20.0. The first-order valence-electron chi connectivity index (χ1n) is 9.64. The number of sulfonamides is 1. The zero-order valence-corrected chi connectivity index (χ0v) is 17.0. The Bertz CT molecular complexity index is 892. The van der Waals surface area contributed by atoms with Gasteiger partial charge in [-0.1, -0.05) is 37.1 Å². The lowest BCUT2D eigenvalue weighted by molar-refractivity contribution is -0.116. The van der Waals surface area contributed by atoms with Crippen LogP contribution in [0, 0.1) is 0 Å². The van der Waals surface area contributed by atoms with Crippen molar-refractivity contribution < 1.29 is 13.2 Å². The van der Waals surface area contributed by atoms with E-state index in [1.807, 2.05) is 30.3 Å². The normalized spacial score (nSPS) is 15.6. The van der Waals surface area contributed by atoms with Crippen molar-refractivity contribution in [2.45, 2.75) is 30.6 Å². The summed E-state index contributed by atoms with van der Waals surface area (Å²) in [7, 11) is -1.79. The number of carbonyl (C=O) groups excluding carboxylic acids is 1. The molecule has 3 rings (SSSR count). The number of anilines is 2. The minimum Gasteiger partial charge on any atom is -0.376 e. The summed E-state index contributed by atoms with van der Waals surface area (Å²) in [6.07, 6.45) is 3.95. The van der Waals surface area contributed by atoms with E-state index in [1.54, 1.807) is 40.5 Å². The average molecular weight is 402 g/mol.